The third kappa shape index (κ3) is 2.37. The first kappa shape index (κ1) is 15.6. The molecule has 0 aromatic carbocycles. The minimum atomic E-state index is -0.00336. The summed E-state index contributed by atoms with van der Waals surface area (Å²) in [6, 6.07) is 4.39. The molecule has 2 aliphatic carbocycles. The molecule has 6 heteroatoms. The third-order valence-electron chi connectivity index (χ3n) is 5.27. The quantitative estimate of drug-likeness (QED) is 0.705. The van der Waals surface area contributed by atoms with Crippen molar-refractivity contribution in [3.8, 4) is 0 Å². The van der Waals surface area contributed by atoms with Gasteiger partial charge in [0.2, 0.25) is 0 Å². The van der Waals surface area contributed by atoms with E-state index >= 15 is 0 Å². The largest absolute Gasteiger partial charge is 1.00 e. The Kier molecular flexibility index (Phi) is 4.38. The summed E-state index contributed by atoms with van der Waals surface area (Å²) in [5.74, 6) is 2.92. The number of nitrogens with zero attached hydrogens (tertiary/aromatic N) is 1. The van der Waals surface area contributed by atoms with Gasteiger partial charge in [-0.25, -0.2) is 0 Å². The van der Waals surface area contributed by atoms with Crippen molar-refractivity contribution in [2.45, 2.75) is 35.5 Å². The number of hydrogen-bond donors (Lipinski definition) is 0. The molecule has 0 N–H and O–H groups in total. The summed E-state index contributed by atoms with van der Waals surface area (Å²) in [6.07, 6.45) is 4.19. The van der Waals surface area contributed by atoms with Gasteiger partial charge in [-0.15, -0.1) is 34.4 Å². The molecule has 2 saturated carbocycles. The van der Waals surface area contributed by atoms with Gasteiger partial charge in [0, 0.05) is 20.9 Å². The molecule has 0 saturated heterocycles. The van der Waals surface area contributed by atoms with Crippen molar-refractivity contribution in [3.63, 3.8) is 0 Å². The maximum atomic E-state index is 11.8. The number of thiazole rings is 1. The summed E-state index contributed by atoms with van der Waals surface area (Å²) >= 11 is 5.15. The van der Waals surface area contributed by atoms with E-state index in [2.05, 4.69) is 22.5 Å². The molecule has 5 atom stereocenters. The van der Waals surface area contributed by atoms with Gasteiger partial charge in [0.25, 0.3) is 0 Å². The number of fused-ring (bicyclic) bond motifs is 6. The summed E-state index contributed by atoms with van der Waals surface area (Å²) < 4.78 is 0. The van der Waals surface area contributed by atoms with Crippen LogP contribution in [0, 0.1) is 17.8 Å². The molecule has 2 aromatic rings. The van der Waals surface area contributed by atoms with Crippen LogP contribution in [-0.4, -0.2) is 5.25 Å². The van der Waals surface area contributed by atoms with Crippen molar-refractivity contribution in [1.29, 1.82) is 0 Å². The first-order valence-electron chi connectivity index (χ1n) is 7.19. The molecule has 1 aliphatic heterocycles. The van der Waals surface area contributed by atoms with Gasteiger partial charge in [-0.1, -0.05) is 11.1 Å². The number of rotatable bonds is 1. The van der Waals surface area contributed by atoms with E-state index < -0.39 is 0 Å². The molecule has 2 fully saturated rings. The Morgan fingerprint density at radius 1 is 1.24 bits per heavy atom. The second-order valence-electron chi connectivity index (χ2n) is 6.14. The van der Waals surface area contributed by atoms with Gasteiger partial charge in [0.15, 0.2) is 0 Å². The average molecular weight is 360 g/mol. The van der Waals surface area contributed by atoms with Gasteiger partial charge < -0.3 is 9.78 Å². The molecule has 2 nitrogen and oxygen atoms in total. The molecule has 2 aromatic heterocycles. The van der Waals surface area contributed by atoms with Crippen molar-refractivity contribution < 1.29 is 51.4 Å². The Morgan fingerprint density at radius 2 is 2.10 bits per heavy atom. The molecule has 5 rings (SSSR count). The van der Waals surface area contributed by atoms with Gasteiger partial charge in [-0.05, 0) is 48.5 Å². The third-order valence-corrected chi connectivity index (χ3v) is 8.79. The van der Waals surface area contributed by atoms with E-state index in [0.717, 1.165) is 22.8 Å². The number of thioether (sulfide) groups is 1. The molecule has 0 spiro atoms. The monoisotopic (exact) mass is 359 g/mol. The predicted octanol–water partition coefficient (Wildman–Crippen LogP) is 0.783. The molecule has 0 radical (unpaired) electrons. The maximum absolute atomic E-state index is 11.8. The molecule has 5 unspecified atom stereocenters. The fraction of sp³-hybridized carbons (Fsp3) is 0.533. The SMILES string of the molecule is O=c1[n-]c2c(s1)C(c1cccs1)C1C3CCC(C3)C1S2.[K+]. The zero-order valence-corrected chi connectivity index (χ0v) is 17.4. The Balaban J connectivity index is 0.00000115. The Hall–Kier alpha value is 1.12. The summed E-state index contributed by atoms with van der Waals surface area (Å²) in [7, 11) is 0. The van der Waals surface area contributed by atoms with E-state index in [-0.39, 0.29) is 56.3 Å². The van der Waals surface area contributed by atoms with Crippen LogP contribution < -0.4 is 61.2 Å². The number of thiophene rings is 1. The van der Waals surface area contributed by atoms with Crippen molar-refractivity contribution in [3.05, 3.63) is 36.9 Å². The number of aromatic nitrogens is 1. The molecule has 104 valence electrons. The van der Waals surface area contributed by atoms with Crippen LogP contribution in [0.2, 0.25) is 0 Å². The minimum absolute atomic E-state index is 0. The van der Waals surface area contributed by atoms with Crippen molar-refractivity contribution in [2.24, 2.45) is 17.8 Å². The molecule has 3 heterocycles. The van der Waals surface area contributed by atoms with Crippen molar-refractivity contribution in [2.75, 3.05) is 0 Å². The molecule has 3 aliphatic rings. The second-order valence-corrected chi connectivity index (χ2v) is 9.27. The van der Waals surface area contributed by atoms with E-state index in [9.17, 15) is 4.79 Å². The normalized spacial score (nSPS) is 36.1. The van der Waals surface area contributed by atoms with Crippen molar-refractivity contribution >= 4 is 34.4 Å². The van der Waals surface area contributed by atoms with Gasteiger partial charge in [0.1, 0.15) is 4.87 Å². The fourth-order valence-corrected chi connectivity index (χ4v) is 8.37. The van der Waals surface area contributed by atoms with E-state index in [1.165, 1.54) is 40.4 Å². The summed E-state index contributed by atoms with van der Waals surface area (Å²) in [4.78, 5) is 18.8. The Bertz CT molecular complexity index is 707. The number of hydrogen-bond acceptors (Lipinski definition) is 4. The first-order chi connectivity index (χ1) is 9.81. The van der Waals surface area contributed by atoms with Gasteiger partial charge in [0.05, 0.1) is 0 Å². The molecule has 2 bridgehead atoms. The van der Waals surface area contributed by atoms with Crippen LogP contribution in [0.3, 0.4) is 0 Å². The van der Waals surface area contributed by atoms with E-state index in [1.54, 1.807) is 0 Å². The second kappa shape index (κ2) is 5.88. The van der Waals surface area contributed by atoms with Crippen LogP contribution in [0.1, 0.15) is 34.9 Å². The molecular formula is C15H14KNOS3. The van der Waals surface area contributed by atoms with Crippen LogP contribution in [0.25, 0.3) is 0 Å². The fourth-order valence-electron chi connectivity index (χ4n) is 4.59. The van der Waals surface area contributed by atoms with Crippen LogP contribution in [0.4, 0.5) is 0 Å². The first-order valence-corrected chi connectivity index (χ1v) is 9.76. The topological polar surface area (TPSA) is 31.2 Å². The van der Waals surface area contributed by atoms with E-state index in [0.29, 0.717) is 11.2 Å². The molecule has 0 amide bonds. The smallest absolute Gasteiger partial charge is 0.608 e. The van der Waals surface area contributed by atoms with Gasteiger partial charge in [-0.3, -0.25) is 0 Å². The Morgan fingerprint density at radius 3 is 2.90 bits per heavy atom. The van der Waals surface area contributed by atoms with E-state index in [1.807, 2.05) is 23.1 Å². The molecular weight excluding hydrogens is 345 g/mol. The van der Waals surface area contributed by atoms with Crippen LogP contribution in [0.5, 0.6) is 0 Å². The van der Waals surface area contributed by atoms with Crippen LogP contribution >= 0.6 is 34.4 Å². The summed E-state index contributed by atoms with van der Waals surface area (Å²) in [6.45, 7) is 0. The minimum Gasteiger partial charge on any atom is -0.608 e. The van der Waals surface area contributed by atoms with Crippen LogP contribution in [0.15, 0.2) is 27.3 Å². The maximum Gasteiger partial charge on any atom is 1.00 e. The average Bonchev–Trinajstić information content (AvgIpc) is 3.19. The van der Waals surface area contributed by atoms with Crippen LogP contribution in [-0.2, 0) is 0 Å². The van der Waals surface area contributed by atoms with Crippen molar-refractivity contribution in [1.82, 2.24) is 4.98 Å². The standard InChI is InChI=1S/C15H15NOS3.K/c17-15-16-14-13(20-15)11(9-2-1-5-18-9)10-7-3-4-8(6-7)12(10)19-14;/h1-2,5,7-8,10-12H,3-4,6H2,(H,16,17);/q;+1/p-1. The Labute approximate surface area is 178 Å². The van der Waals surface area contributed by atoms with Gasteiger partial charge in [-0.2, -0.15) is 0 Å². The predicted molar refractivity (Wildman–Crippen MR) is 84.0 cm³/mol. The zero-order chi connectivity index (χ0) is 13.3. The van der Waals surface area contributed by atoms with E-state index in [4.69, 9.17) is 0 Å². The van der Waals surface area contributed by atoms with Gasteiger partial charge >= 0.3 is 51.4 Å². The zero-order valence-electron chi connectivity index (χ0n) is 11.8. The summed E-state index contributed by atoms with van der Waals surface area (Å²) in [5.41, 5.74) is 0. The summed E-state index contributed by atoms with van der Waals surface area (Å²) in [5, 5.41) is 3.92. The molecule has 21 heavy (non-hydrogen) atoms.